The van der Waals surface area contributed by atoms with E-state index in [4.69, 9.17) is 10.2 Å². The Labute approximate surface area is 106 Å². The highest BCUT2D eigenvalue weighted by atomic mass is 16.3. The third-order valence-electron chi connectivity index (χ3n) is 2.92. The Bertz CT molecular complexity index is 871. The number of furan rings is 1. The standard InChI is InChI=1S/C11H9N7O/c12-3-6-1-2-7(19-6)10-16-17-11-8-9(14-4-13-8)15-5-18(10)11/h1-2,4-5H,3,12H2,(H,13,14). The normalized spacial score (nSPS) is 11.6. The number of H-pyrrole nitrogens is 1. The fraction of sp³-hybridized carbons (Fsp3) is 0.0909. The minimum absolute atomic E-state index is 0.347. The van der Waals surface area contributed by atoms with Crippen molar-refractivity contribution in [1.29, 1.82) is 0 Å². The number of hydrogen-bond donors (Lipinski definition) is 2. The SMILES string of the molecule is NCc1ccc(-c2nnc3c4[nH]cnc4ncn23)o1. The summed E-state index contributed by atoms with van der Waals surface area (Å²) in [5, 5.41) is 8.27. The van der Waals surface area contributed by atoms with Crippen LogP contribution >= 0.6 is 0 Å². The smallest absolute Gasteiger partial charge is 0.205 e. The molecule has 0 saturated heterocycles. The van der Waals surface area contributed by atoms with Crippen LogP contribution in [0.4, 0.5) is 0 Å². The molecule has 4 rings (SSSR count). The molecular weight excluding hydrogens is 246 g/mol. The zero-order valence-corrected chi connectivity index (χ0v) is 9.74. The first-order valence-electron chi connectivity index (χ1n) is 5.69. The van der Waals surface area contributed by atoms with Crippen LogP contribution < -0.4 is 5.73 Å². The number of nitrogens with two attached hydrogens (primary N) is 1. The summed E-state index contributed by atoms with van der Waals surface area (Å²) in [5.74, 6) is 1.88. The number of aromatic amines is 1. The number of nitrogens with one attached hydrogen (secondary N) is 1. The Hall–Kier alpha value is -2.74. The molecule has 0 fully saturated rings. The van der Waals surface area contributed by atoms with E-state index in [1.165, 1.54) is 0 Å². The van der Waals surface area contributed by atoms with Crippen molar-refractivity contribution in [2.24, 2.45) is 5.73 Å². The van der Waals surface area contributed by atoms with Gasteiger partial charge in [0.25, 0.3) is 0 Å². The van der Waals surface area contributed by atoms with E-state index in [-0.39, 0.29) is 0 Å². The van der Waals surface area contributed by atoms with Crippen LogP contribution in [-0.2, 0) is 6.54 Å². The molecule has 0 aliphatic carbocycles. The van der Waals surface area contributed by atoms with Gasteiger partial charge in [0.05, 0.1) is 12.9 Å². The molecule has 0 bridgehead atoms. The van der Waals surface area contributed by atoms with Gasteiger partial charge >= 0.3 is 0 Å². The van der Waals surface area contributed by atoms with Crippen molar-refractivity contribution in [3.8, 4) is 11.6 Å². The molecule has 0 unspecified atom stereocenters. The summed E-state index contributed by atoms with van der Waals surface area (Å²) in [6.07, 6.45) is 3.20. The number of aromatic nitrogens is 6. The first-order valence-corrected chi connectivity index (χ1v) is 5.69. The van der Waals surface area contributed by atoms with Crippen LogP contribution in [0.3, 0.4) is 0 Å². The van der Waals surface area contributed by atoms with Crippen molar-refractivity contribution in [1.82, 2.24) is 29.5 Å². The van der Waals surface area contributed by atoms with Crippen LogP contribution in [0.1, 0.15) is 5.76 Å². The fourth-order valence-electron chi connectivity index (χ4n) is 2.01. The third kappa shape index (κ3) is 1.37. The first kappa shape index (κ1) is 10.2. The second-order valence-electron chi connectivity index (χ2n) is 4.03. The molecule has 0 amide bonds. The number of rotatable bonds is 2. The second kappa shape index (κ2) is 3.62. The van der Waals surface area contributed by atoms with E-state index in [1.54, 1.807) is 17.1 Å². The summed E-state index contributed by atoms with van der Waals surface area (Å²) in [7, 11) is 0. The van der Waals surface area contributed by atoms with Gasteiger partial charge < -0.3 is 15.1 Å². The third-order valence-corrected chi connectivity index (χ3v) is 2.92. The molecule has 0 aliphatic heterocycles. The zero-order chi connectivity index (χ0) is 12.8. The summed E-state index contributed by atoms with van der Waals surface area (Å²) in [6, 6.07) is 3.63. The number of hydrogen-bond acceptors (Lipinski definition) is 6. The predicted molar refractivity (Wildman–Crippen MR) is 66.0 cm³/mol. The molecule has 3 N–H and O–H groups in total. The highest BCUT2D eigenvalue weighted by Gasteiger charge is 2.15. The fourth-order valence-corrected chi connectivity index (χ4v) is 2.01. The van der Waals surface area contributed by atoms with Crippen LogP contribution in [0, 0.1) is 0 Å². The van der Waals surface area contributed by atoms with Gasteiger partial charge in [-0.2, -0.15) is 0 Å². The van der Waals surface area contributed by atoms with Gasteiger partial charge in [0.2, 0.25) is 5.82 Å². The molecular formula is C11H9N7O. The lowest BCUT2D eigenvalue weighted by atomic mass is 10.4. The number of imidazole rings is 1. The molecule has 8 nitrogen and oxygen atoms in total. The molecule has 0 aromatic carbocycles. The highest BCUT2D eigenvalue weighted by Crippen LogP contribution is 2.22. The van der Waals surface area contributed by atoms with Crippen molar-refractivity contribution >= 4 is 16.8 Å². The van der Waals surface area contributed by atoms with Crippen molar-refractivity contribution in [2.45, 2.75) is 6.54 Å². The molecule has 8 heteroatoms. The van der Waals surface area contributed by atoms with Gasteiger partial charge in [-0.05, 0) is 12.1 Å². The highest BCUT2D eigenvalue weighted by molar-refractivity contribution is 5.85. The summed E-state index contributed by atoms with van der Waals surface area (Å²) in [4.78, 5) is 11.3. The summed E-state index contributed by atoms with van der Waals surface area (Å²) < 4.78 is 7.33. The van der Waals surface area contributed by atoms with E-state index in [0.717, 1.165) is 5.52 Å². The maximum absolute atomic E-state index is 5.58. The molecule has 0 aliphatic rings. The second-order valence-corrected chi connectivity index (χ2v) is 4.03. The van der Waals surface area contributed by atoms with E-state index in [1.807, 2.05) is 12.1 Å². The van der Waals surface area contributed by atoms with Crippen LogP contribution in [-0.4, -0.2) is 29.5 Å². The molecule has 4 aromatic rings. The summed E-state index contributed by atoms with van der Waals surface area (Å²) in [5.41, 5.74) is 7.53. The van der Waals surface area contributed by atoms with Gasteiger partial charge in [-0.25, -0.2) is 9.97 Å². The van der Waals surface area contributed by atoms with Crippen LogP contribution in [0.2, 0.25) is 0 Å². The van der Waals surface area contributed by atoms with Crippen LogP contribution in [0.5, 0.6) is 0 Å². The van der Waals surface area contributed by atoms with Crippen molar-refractivity contribution in [3.63, 3.8) is 0 Å². The molecule has 19 heavy (non-hydrogen) atoms. The summed E-state index contributed by atoms with van der Waals surface area (Å²) in [6.45, 7) is 0.347. The minimum Gasteiger partial charge on any atom is -0.456 e. The number of fused-ring (bicyclic) bond motifs is 3. The molecule has 4 heterocycles. The Kier molecular flexibility index (Phi) is 1.95. The Morgan fingerprint density at radius 3 is 3.05 bits per heavy atom. The topological polar surface area (TPSA) is 111 Å². The zero-order valence-electron chi connectivity index (χ0n) is 9.74. The van der Waals surface area contributed by atoms with E-state index in [9.17, 15) is 0 Å². The molecule has 0 saturated carbocycles. The van der Waals surface area contributed by atoms with Crippen molar-refractivity contribution in [3.05, 3.63) is 30.5 Å². The average Bonchev–Trinajstić information content (AvgIpc) is 3.15. The Balaban J connectivity index is 1.99. The van der Waals surface area contributed by atoms with Crippen LogP contribution in [0.25, 0.3) is 28.4 Å². The molecule has 0 atom stereocenters. The Morgan fingerprint density at radius 2 is 2.21 bits per heavy atom. The average molecular weight is 255 g/mol. The van der Waals surface area contributed by atoms with Gasteiger partial charge in [0, 0.05) is 0 Å². The van der Waals surface area contributed by atoms with Gasteiger partial charge in [0.1, 0.15) is 17.6 Å². The lowest BCUT2D eigenvalue weighted by Crippen LogP contribution is -1.93. The van der Waals surface area contributed by atoms with E-state index >= 15 is 0 Å². The molecule has 94 valence electrons. The minimum atomic E-state index is 0.347. The van der Waals surface area contributed by atoms with Crippen molar-refractivity contribution in [2.75, 3.05) is 0 Å². The maximum atomic E-state index is 5.58. The van der Waals surface area contributed by atoms with E-state index in [0.29, 0.717) is 35.2 Å². The van der Waals surface area contributed by atoms with Gasteiger partial charge in [-0.3, -0.25) is 4.40 Å². The van der Waals surface area contributed by atoms with E-state index < -0.39 is 0 Å². The monoisotopic (exact) mass is 255 g/mol. The quantitative estimate of drug-likeness (QED) is 0.546. The summed E-state index contributed by atoms with van der Waals surface area (Å²) >= 11 is 0. The molecule has 0 radical (unpaired) electrons. The van der Waals surface area contributed by atoms with Gasteiger partial charge in [-0.15, -0.1) is 10.2 Å². The first-order chi connectivity index (χ1) is 9.36. The predicted octanol–water partition coefficient (Wildman–Crippen LogP) is 0.719. The molecule has 4 aromatic heterocycles. The van der Waals surface area contributed by atoms with Gasteiger partial charge in [0.15, 0.2) is 17.1 Å². The lowest BCUT2D eigenvalue weighted by Gasteiger charge is -1.96. The number of nitrogens with zero attached hydrogens (tertiary/aromatic N) is 5. The lowest BCUT2D eigenvalue weighted by molar-refractivity contribution is 0.521. The van der Waals surface area contributed by atoms with Gasteiger partial charge in [-0.1, -0.05) is 0 Å². The Morgan fingerprint density at radius 1 is 1.26 bits per heavy atom. The van der Waals surface area contributed by atoms with Crippen molar-refractivity contribution < 1.29 is 4.42 Å². The van der Waals surface area contributed by atoms with Crippen LogP contribution in [0.15, 0.2) is 29.2 Å². The maximum Gasteiger partial charge on any atom is 0.205 e. The largest absolute Gasteiger partial charge is 0.456 e. The van der Waals surface area contributed by atoms with E-state index in [2.05, 4.69) is 25.1 Å². The molecule has 0 spiro atoms.